The third-order valence-corrected chi connectivity index (χ3v) is 5.47. The molecule has 1 aliphatic rings. The number of nitrogens with one attached hydrogen (secondary N) is 1. The Labute approximate surface area is 110 Å². The second kappa shape index (κ2) is 6.52. The Bertz CT molecular complexity index is 373. The van der Waals surface area contributed by atoms with E-state index in [1.807, 2.05) is 13.8 Å². The fourth-order valence-electron chi connectivity index (χ4n) is 2.04. The summed E-state index contributed by atoms with van der Waals surface area (Å²) in [4.78, 5) is 11.9. The largest absolute Gasteiger partial charge is 0.353 e. The minimum atomic E-state index is -3.10. The molecule has 0 radical (unpaired) electrons. The fourth-order valence-corrected chi connectivity index (χ4v) is 3.17. The van der Waals surface area contributed by atoms with E-state index in [0.29, 0.717) is 25.9 Å². The number of hydrogen-bond acceptors (Lipinski definition) is 3. The molecule has 0 aromatic heterocycles. The van der Waals surface area contributed by atoms with Crippen molar-refractivity contribution in [3.8, 4) is 0 Å². The molecule has 0 aliphatic carbocycles. The quantitative estimate of drug-likeness (QED) is 0.813. The maximum atomic E-state index is 11.9. The Morgan fingerprint density at radius 2 is 1.89 bits per heavy atom. The van der Waals surface area contributed by atoms with Crippen molar-refractivity contribution in [1.29, 1.82) is 0 Å². The van der Waals surface area contributed by atoms with Gasteiger partial charge in [0.2, 0.25) is 15.9 Å². The van der Waals surface area contributed by atoms with E-state index in [0.717, 1.165) is 6.42 Å². The molecule has 1 amide bonds. The van der Waals surface area contributed by atoms with Gasteiger partial charge in [-0.15, -0.1) is 0 Å². The number of piperidine rings is 1. The zero-order chi connectivity index (χ0) is 13.8. The number of nitrogens with zero attached hydrogens (tertiary/aromatic N) is 1. The van der Waals surface area contributed by atoms with Crippen LogP contribution in [0.2, 0.25) is 0 Å². The van der Waals surface area contributed by atoms with Gasteiger partial charge in [-0.3, -0.25) is 4.79 Å². The number of rotatable bonds is 5. The molecule has 0 aromatic carbocycles. The average molecular weight is 276 g/mol. The molecule has 1 aliphatic heterocycles. The van der Waals surface area contributed by atoms with E-state index in [1.54, 1.807) is 6.92 Å². The SMILES string of the molecule is CC[C@H](C)NC(=O)C1CCN(S(=O)(=O)CC)CC1. The summed E-state index contributed by atoms with van der Waals surface area (Å²) >= 11 is 0. The molecule has 0 aromatic rings. The smallest absolute Gasteiger partial charge is 0.223 e. The normalized spacial score (nSPS) is 20.6. The molecule has 18 heavy (non-hydrogen) atoms. The lowest BCUT2D eigenvalue weighted by Gasteiger charge is -2.30. The highest BCUT2D eigenvalue weighted by Crippen LogP contribution is 2.20. The van der Waals surface area contributed by atoms with E-state index in [4.69, 9.17) is 0 Å². The van der Waals surface area contributed by atoms with Crippen LogP contribution >= 0.6 is 0 Å². The van der Waals surface area contributed by atoms with E-state index < -0.39 is 10.0 Å². The van der Waals surface area contributed by atoms with Crippen LogP contribution in [0.4, 0.5) is 0 Å². The maximum Gasteiger partial charge on any atom is 0.223 e. The van der Waals surface area contributed by atoms with E-state index >= 15 is 0 Å². The predicted octanol–water partition coefficient (Wildman–Crippen LogP) is 0.963. The van der Waals surface area contributed by atoms with Gasteiger partial charge in [0.15, 0.2) is 0 Å². The fraction of sp³-hybridized carbons (Fsp3) is 0.917. The van der Waals surface area contributed by atoms with Crippen molar-refractivity contribution in [2.45, 2.75) is 46.1 Å². The second-order valence-electron chi connectivity index (χ2n) is 4.89. The van der Waals surface area contributed by atoms with E-state index in [-0.39, 0.29) is 23.6 Å². The summed E-state index contributed by atoms with van der Waals surface area (Å²) in [6.07, 6.45) is 2.16. The molecule has 106 valence electrons. The summed E-state index contributed by atoms with van der Waals surface area (Å²) in [5, 5.41) is 2.96. The number of amides is 1. The summed E-state index contributed by atoms with van der Waals surface area (Å²) in [6.45, 7) is 6.59. The number of carbonyl (C=O) groups is 1. The van der Waals surface area contributed by atoms with Gasteiger partial charge in [-0.1, -0.05) is 6.92 Å². The molecule has 0 spiro atoms. The van der Waals surface area contributed by atoms with Crippen LogP contribution in [0.1, 0.15) is 40.0 Å². The first kappa shape index (κ1) is 15.4. The van der Waals surface area contributed by atoms with Crippen LogP contribution in [0.25, 0.3) is 0 Å². The van der Waals surface area contributed by atoms with Crippen LogP contribution in [0, 0.1) is 5.92 Å². The van der Waals surface area contributed by atoms with Crippen LogP contribution in [0.15, 0.2) is 0 Å². The van der Waals surface area contributed by atoms with E-state index in [1.165, 1.54) is 4.31 Å². The van der Waals surface area contributed by atoms with Crippen LogP contribution in [-0.4, -0.2) is 43.5 Å². The molecule has 1 fully saturated rings. The summed E-state index contributed by atoms with van der Waals surface area (Å²) < 4.78 is 24.9. The molecule has 1 rings (SSSR count). The first-order valence-corrected chi connectivity index (χ1v) is 8.29. The van der Waals surface area contributed by atoms with Crippen LogP contribution in [-0.2, 0) is 14.8 Å². The molecule has 6 heteroatoms. The predicted molar refractivity (Wildman–Crippen MR) is 71.7 cm³/mol. The Balaban J connectivity index is 2.47. The van der Waals surface area contributed by atoms with Gasteiger partial charge in [-0.05, 0) is 33.1 Å². The monoisotopic (exact) mass is 276 g/mol. The zero-order valence-electron chi connectivity index (χ0n) is 11.5. The molecule has 1 atom stereocenters. The Morgan fingerprint density at radius 1 is 1.33 bits per heavy atom. The third-order valence-electron chi connectivity index (χ3n) is 3.58. The minimum absolute atomic E-state index is 0.0395. The van der Waals surface area contributed by atoms with E-state index in [9.17, 15) is 13.2 Å². The van der Waals surface area contributed by atoms with Gasteiger partial charge in [0.25, 0.3) is 0 Å². The number of sulfonamides is 1. The van der Waals surface area contributed by atoms with Gasteiger partial charge >= 0.3 is 0 Å². The highest BCUT2D eigenvalue weighted by molar-refractivity contribution is 7.89. The Morgan fingerprint density at radius 3 is 2.33 bits per heavy atom. The third kappa shape index (κ3) is 3.95. The van der Waals surface area contributed by atoms with Crippen molar-refractivity contribution >= 4 is 15.9 Å². The molecular weight excluding hydrogens is 252 g/mol. The van der Waals surface area contributed by atoms with Gasteiger partial charge < -0.3 is 5.32 Å². The van der Waals surface area contributed by atoms with Gasteiger partial charge in [0, 0.05) is 25.0 Å². The van der Waals surface area contributed by atoms with Gasteiger partial charge in [0.1, 0.15) is 0 Å². The molecule has 1 heterocycles. The van der Waals surface area contributed by atoms with Crippen molar-refractivity contribution in [2.75, 3.05) is 18.8 Å². The summed E-state index contributed by atoms with van der Waals surface area (Å²) in [5.41, 5.74) is 0. The van der Waals surface area contributed by atoms with Crippen molar-refractivity contribution in [1.82, 2.24) is 9.62 Å². The first-order valence-electron chi connectivity index (χ1n) is 6.68. The lowest BCUT2D eigenvalue weighted by atomic mass is 9.97. The van der Waals surface area contributed by atoms with Crippen LogP contribution in [0.3, 0.4) is 0 Å². The number of hydrogen-bond donors (Lipinski definition) is 1. The van der Waals surface area contributed by atoms with Crippen LogP contribution < -0.4 is 5.32 Å². The lowest BCUT2D eigenvalue weighted by Crippen LogP contribution is -2.45. The molecule has 5 nitrogen and oxygen atoms in total. The van der Waals surface area contributed by atoms with Gasteiger partial charge in [-0.2, -0.15) is 0 Å². The summed E-state index contributed by atoms with van der Waals surface area (Å²) in [5.74, 6) is 0.164. The minimum Gasteiger partial charge on any atom is -0.353 e. The standard InChI is InChI=1S/C12H24N2O3S/c1-4-10(3)13-12(15)11-6-8-14(9-7-11)18(16,17)5-2/h10-11H,4-9H2,1-3H3,(H,13,15)/t10-/m0/s1. The number of carbonyl (C=O) groups excluding carboxylic acids is 1. The topological polar surface area (TPSA) is 66.5 Å². The van der Waals surface area contributed by atoms with Crippen molar-refractivity contribution in [3.63, 3.8) is 0 Å². The molecule has 0 saturated carbocycles. The van der Waals surface area contributed by atoms with Crippen molar-refractivity contribution < 1.29 is 13.2 Å². The van der Waals surface area contributed by atoms with Gasteiger partial charge in [0.05, 0.1) is 5.75 Å². The van der Waals surface area contributed by atoms with E-state index in [2.05, 4.69) is 5.32 Å². The second-order valence-corrected chi connectivity index (χ2v) is 7.15. The van der Waals surface area contributed by atoms with Gasteiger partial charge in [-0.25, -0.2) is 12.7 Å². The molecule has 0 bridgehead atoms. The Kier molecular flexibility index (Phi) is 5.59. The van der Waals surface area contributed by atoms with Crippen molar-refractivity contribution in [2.24, 2.45) is 5.92 Å². The molecule has 1 N–H and O–H groups in total. The summed E-state index contributed by atoms with van der Waals surface area (Å²) in [7, 11) is -3.10. The average Bonchev–Trinajstić information content (AvgIpc) is 2.38. The first-order chi connectivity index (χ1) is 8.40. The maximum absolute atomic E-state index is 11.9. The highest BCUT2D eigenvalue weighted by atomic mass is 32.2. The highest BCUT2D eigenvalue weighted by Gasteiger charge is 2.30. The molecular formula is C12H24N2O3S. The molecule has 0 unspecified atom stereocenters. The zero-order valence-corrected chi connectivity index (χ0v) is 12.3. The Hall–Kier alpha value is -0.620. The summed E-state index contributed by atoms with van der Waals surface area (Å²) in [6, 6.07) is 0.190. The lowest BCUT2D eigenvalue weighted by molar-refractivity contribution is -0.126. The van der Waals surface area contributed by atoms with Crippen LogP contribution in [0.5, 0.6) is 0 Å². The molecule has 1 saturated heterocycles. The van der Waals surface area contributed by atoms with Crippen molar-refractivity contribution in [3.05, 3.63) is 0 Å².